The summed E-state index contributed by atoms with van der Waals surface area (Å²) < 4.78 is 15.2. The lowest BCUT2D eigenvalue weighted by atomic mass is 9.97. The first kappa shape index (κ1) is 17.7. The van der Waals surface area contributed by atoms with E-state index in [0.29, 0.717) is 13.1 Å². The normalized spacial score (nSPS) is 17.3. The lowest BCUT2D eigenvalue weighted by Crippen LogP contribution is -2.43. The molecule has 6 nitrogen and oxygen atoms in total. The van der Waals surface area contributed by atoms with Gasteiger partial charge < -0.3 is 10.2 Å². The van der Waals surface area contributed by atoms with E-state index in [9.17, 15) is 9.18 Å². The number of aromatic nitrogens is 3. The molecule has 1 atom stereocenters. The fraction of sp³-hybridized carbons (Fsp3) is 0.316. The van der Waals surface area contributed by atoms with Crippen molar-refractivity contribution >= 4 is 29.1 Å². The molecule has 0 saturated carbocycles. The Morgan fingerprint density at radius 1 is 1.30 bits per heavy atom. The molecule has 0 spiro atoms. The molecule has 1 N–H and O–H groups in total. The number of carbonyl (C=O) groups is 1. The fourth-order valence-corrected chi connectivity index (χ4v) is 3.60. The summed E-state index contributed by atoms with van der Waals surface area (Å²) in [4.78, 5) is 14.7. The number of fused-ring (bicyclic) bond motifs is 1. The van der Waals surface area contributed by atoms with Gasteiger partial charge in [-0.05, 0) is 42.7 Å². The van der Waals surface area contributed by atoms with Gasteiger partial charge in [0.2, 0.25) is 11.9 Å². The molecule has 140 valence electrons. The number of hydrogen-bond acceptors (Lipinski definition) is 4. The molecule has 0 radical (unpaired) electrons. The zero-order valence-corrected chi connectivity index (χ0v) is 15.4. The van der Waals surface area contributed by atoms with Crippen molar-refractivity contribution in [3.63, 3.8) is 0 Å². The van der Waals surface area contributed by atoms with Crippen LogP contribution >= 0.6 is 11.6 Å². The first-order chi connectivity index (χ1) is 13.1. The summed E-state index contributed by atoms with van der Waals surface area (Å²) in [5.41, 5.74) is 1.55. The van der Waals surface area contributed by atoms with Crippen molar-refractivity contribution < 1.29 is 9.18 Å². The van der Waals surface area contributed by atoms with Crippen LogP contribution in [0.2, 0.25) is 5.02 Å². The van der Waals surface area contributed by atoms with E-state index in [-0.39, 0.29) is 16.8 Å². The number of nitrogens with zero attached hydrogens (tertiary/aromatic N) is 4. The third-order valence-corrected chi connectivity index (χ3v) is 5.11. The number of carbonyl (C=O) groups excluding carboxylic acids is 1. The zero-order chi connectivity index (χ0) is 18.8. The number of rotatable bonds is 4. The minimum atomic E-state index is -0.463. The molecule has 0 aliphatic carbocycles. The molecular weight excluding hydrogens is 369 g/mol. The van der Waals surface area contributed by atoms with Gasteiger partial charge in [-0.15, -0.1) is 10.2 Å². The number of piperidine rings is 1. The summed E-state index contributed by atoms with van der Waals surface area (Å²) in [5.74, 6) is 0.142. The Morgan fingerprint density at radius 3 is 3.04 bits per heavy atom. The highest BCUT2D eigenvalue weighted by Gasteiger charge is 2.28. The van der Waals surface area contributed by atoms with Gasteiger partial charge in [-0.2, -0.15) is 0 Å². The summed E-state index contributed by atoms with van der Waals surface area (Å²) in [7, 11) is 0. The largest absolute Gasteiger partial charge is 0.352 e. The SMILES string of the molecule is O=C(NCc1ccc(F)c(Cl)c1)[C@H]1CCCN(c2nnc3ccccn23)C1. The Morgan fingerprint density at radius 2 is 2.19 bits per heavy atom. The van der Waals surface area contributed by atoms with Crippen molar-refractivity contribution in [3.05, 3.63) is 59.0 Å². The minimum absolute atomic E-state index is 0.0195. The maximum atomic E-state index is 13.2. The Bertz CT molecular complexity index is 976. The monoisotopic (exact) mass is 387 g/mol. The van der Waals surface area contributed by atoms with Gasteiger partial charge >= 0.3 is 0 Å². The highest BCUT2D eigenvalue weighted by Crippen LogP contribution is 2.23. The van der Waals surface area contributed by atoms with Gasteiger partial charge in [-0.3, -0.25) is 9.20 Å². The van der Waals surface area contributed by atoms with Gasteiger partial charge in [-0.25, -0.2) is 4.39 Å². The highest BCUT2D eigenvalue weighted by molar-refractivity contribution is 6.30. The molecule has 27 heavy (non-hydrogen) atoms. The van der Waals surface area contributed by atoms with E-state index in [1.54, 1.807) is 6.07 Å². The lowest BCUT2D eigenvalue weighted by Gasteiger charge is -2.32. The molecule has 1 aliphatic heterocycles. The van der Waals surface area contributed by atoms with Gasteiger partial charge in [0.05, 0.1) is 10.9 Å². The van der Waals surface area contributed by atoms with Gasteiger partial charge in [0.25, 0.3) is 0 Å². The number of halogens is 2. The first-order valence-corrected chi connectivity index (χ1v) is 9.26. The van der Waals surface area contributed by atoms with Crippen molar-refractivity contribution in [2.45, 2.75) is 19.4 Å². The summed E-state index contributed by atoms with van der Waals surface area (Å²) in [6.07, 6.45) is 3.65. The average molecular weight is 388 g/mol. The number of benzene rings is 1. The maximum absolute atomic E-state index is 13.2. The van der Waals surface area contributed by atoms with Crippen LogP contribution in [-0.2, 0) is 11.3 Å². The number of anilines is 1. The highest BCUT2D eigenvalue weighted by atomic mass is 35.5. The molecule has 3 aromatic rings. The summed E-state index contributed by atoms with van der Waals surface area (Å²) >= 11 is 5.79. The van der Waals surface area contributed by atoms with E-state index in [0.717, 1.165) is 36.5 Å². The molecule has 0 bridgehead atoms. The molecule has 8 heteroatoms. The van der Waals surface area contributed by atoms with Crippen LogP contribution in [0.5, 0.6) is 0 Å². The molecule has 4 rings (SSSR count). The predicted molar refractivity (Wildman–Crippen MR) is 101 cm³/mol. The lowest BCUT2D eigenvalue weighted by molar-refractivity contribution is -0.125. The van der Waals surface area contributed by atoms with Crippen LogP contribution in [0.15, 0.2) is 42.6 Å². The van der Waals surface area contributed by atoms with Gasteiger partial charge in [-0.1, -0.05) is 23.7 Å². The second-order valence-corrected chi connectivity index (χ2v) is 7.09. The van der Waals surface area contributed by atoms with E-state index < -0.39 is 5.82 Å². The Kier molecular flexibility index (Phi) is 4.94. The standard InChI is InChI=1S/C19H19ClFN5O/c20-15-10-13(6-7-16(15)21)11-22-18(27)14-4-3-8-25(12-14)19-24-23-17-5-1-2-9-26(17)19/h1-2,5-7,9-10,14H,3-4,8,11-12H2,(H,22,27)/t14-/m0/s1. The van der Waals surface area contributed by atoms with Crippen LogP contribution < -0.4 is 10.2 Å². The Hall–Kier alpha value is -2.67. The van der Waals surface area contributed by atoms with E-state index in [2.05, 4.69) is 20.4 Å². The van der Waals surface area contributed by atoms with Crippen molar-refractivity contribution in [3.8, 4) is 0 Å². The maximum Gasteiger partial charge on any atom is 0.231 e. The van der Waals surface area contributed by atoms with Crippen molar-refractivity contribution in [1.82, 2.24) is 19.9 Å². The molecule has 1 amide bonds. The Labute approximate surface area is 161 Å². The van der Waals surface area contributed by atoms with Crippen LogP contribution in [0, 0.1) is 11.7 Å². The van der Waals surface area contributed by atoms with Crippen molar-refractivity contribution in [2.24, 2.45) is 5.92 Å². The second-order valence-electron chi connectivity index (χ2n) is 6.68. The van der Waals surface area contributed by atoms with E-state index in [4.69, 9.17) is 11.6 Å². The molecule has 0 unspecified atom stereocenters. The van der Waals surface area contributed by atoms with Crippen LogP contribution in [0.4, 0.5) is 10.3 Å². The average Bonchev–Trinajstić information content (AvgIpc) is 3.13. The quantitative estimate of drug-likeness (QED) is 0.747. The number of hydrogen-bond donors (Lipinski definition) is 1. The molecule has 1 aromatic carbocycles. The van der Waals surface area contributed by atoms with Gasteiger partial charge in [0.15, 0.2) is 5.65 Å². The van der Waals surface area contributed by atoms with Gasteiger partial charge in [0, 0.05) is 25.8 Å². The molecular formula is C19H19ClFN5O. The fourth-order valence-electron chi connectivity index (χ4n) is 3.40. The third kappa shape index (κ3) is 3.73. The molecule has 1 saturated heterocycles. The number of nitrogens with one attached hydrogen (secondary N) is 1. The summed E-state index contributed by atoms with van der Waals surface area (Å²) in [6, 6.07) is 10.2. The van der Waals surface area contributed by atoms with E-state index >= 15 is 0 Å². The van der Waals surface area contributed by atoms with Crippen LogP contribution in [0.1, 0.15) is 18.4 Å². The van der Waals surface area contributed by atoms with E-state index in [1.165, 1.54) is 12.1 Å². The number of amides is 1. The predicted octanol–water partition coefficient (Wildman–Crippen LogP) is 3.05. The molecule has 2 aromatic heterocycles. The van der Waals surface area contributed by atoms with Gasteiger partial charge in [0.1, 0.15) is 5.82 Å². The smallest absolute Gasteiger partial charge is 0.231 e. The topological polar surface area (TPSA) is 62.5 Å². The number of pyridine rings is 1. The summed E-state index contributed by atoms with van der Waals surface area (Å²) in [6.45, 7) is 1.75. The Balaban J connectivity index is 1.41. The third-order valence-electron chi connectivity index (χ3n) is 4.82. The van der Waals surface area contributed by atoms with Crippen molar-refractivity contribution in [1.29, 1.82) is 0 Å². The minimum Gasteiger partial charge on any atom is -0.352 e. The molecule has 1 fully saturated rings. The zero-order valence-electron chi connectivity index (χ0n) is 14.6. The molecule has 3 heterocycles. The molecule has 1 aliphatic rings. The van der Waals surface area contributed by atoms with Crippen LogP contribution in [0.25, 0.3) is 5.65 Å². The van der Waals surface area contributed by atoms with Crippen LogP contribution in [-0.4, -0.2) is 33.6 Å². The summed E-state index contributed by atoms with van der Waals surface area (Å²) in [5, 5.41) is 11.5. The van der Waals surface area contributed by atoms with E-state index in [1.807, 2.05) is 28.8 Å². The van der Waals surface area contributed by atoms with Crippen molar-refractivity contribution in [2.75, 3.05) is 18.0 Å². The second kappa shape index (κ2) is 7.52. The van der Waals surface area contributed by atoms with Crippen LogP contribution in [0.3, 0.4) is 0 Å². The first-order valence-electron chi connectivity index (χ1n) is 8.88.